The van der Waals surface area contributed by atoms with Crippen molar-refractivity contribution in [3.8, 4) is 17.2 Å². The zero-order valence-corrected chi connectivity index (χ0v) is 19.2. The third-order valence-electron chi connectivity index (χ3n) is 5.66. The largest absolute Gasteiger partial charge is 0.494 e. The van der Waals surface area contributed by atoms with Crippen molar-refractivity contribution in [2.45, 2.75) is 13.5 Å². The summed E-state index contributed by atoms with van der Waals surface area (Å²) in [6, 6.07) is 11.5. The molecule has 0 bridgehead atoms. The van der Waals surface area contributed by atoms with Crippen LogP contribution in [0.5, 0.6) is 17.2 Å². The van der Waals surface area contributed by atoms with Crippen molar-refractivity contribution in [3.05, 3.63) is 48.3 Å². The van der Waals surface area contributed by atoms with E-state index >= 15 is 0 Å². The Morgan fingerprint density at radius 3 is 2.36 bits per heavy atom. The zero-order valence-electron chi connectivity index (χ0n) is 19.2. The number of ether oxygens (including phenoxy) is 3. The minimum atomic E-state index is -0.0671. The first kappa shape index (κ1) is 22.4. The van der Waals surface area contributed by atoms with Crippen molar-refractivity contribution in [2.75, 3.05) is 51.9 Å². The molecule has 9 nitrogen and oxygen atoms in total. The van der Waals surface area contributed by atoms with Crippen LogP contribution in [0.2, 0.25) is 0 Å². The molecule has 1 fully saturated rings. The van der Waals surface area contributed by atoms with Gasteiger partial charge in [-0.2, -0.15) is 0 Å². The van der Waals surface area contributed by atoms with Crippen molar-refractivity contribution in [1.82, 2.24) is 20.2 Å². The van der Waals surface area contributed by atoms with Crippen LogP contribution >= 0.6 is 0 Å². The van der Waals surface area contributed by atoms with Gasteiger partial charge in [-0.15, -0.1) is 0 Å². The SMILES string of the molecule is CCOc1ccc(CNC(=O)N2CCN(c3ncnc4cc(OC)c(OC)cc34)CC2)cc1. The Labute approximate surface area is 193 Å². The number of piperazine rings is 1. The average Bonchev–Trinajstić information content (AvgIpc) is 2.87. The van der Waals surface area contributed by atoms with Crippen molar-refractivity contribution in [2.24, 2.45) is 0 Å². The van der Waals surface area contributed by atoms with Crippen LogP contribution in [0.4, 0.5) is 10.6 Å². The number of urea groups is 1. The van der Waals surface area contributed by atoms with Gasteiger partial charge in [-0.25, -0.2) is 14.8 Å². The van der Waals surface area contributed by atoms with Gasteiger partial charge in [0.2, 0.25) is 0 Å². The molecule has 0 spiro atoms. The van der Waals surface area contributed by atoms with Gasteiger partial charge in [0, 0.05) is 44.2 Å². The third-order valence-corrected chi connectivity index (χ3v) is 5.66. The molecular formula is C24H29N5O4. The van der Waals surface area contributed by atoms with E-state index in [2.05, 4.69) is 20.2 Å². The second-order valence-corrected chi connectivity index (χ2v) is 7.63. The molecule has 1 N–H and O–H groups in total. The molecule has 1 aliphatic rings. The summed E-state index contributed by atoms with van der Waals surface area (Å²) in [5.74, 6) is 2.92. The maximum atomic E-state index is 12.7. The van der Waals surface area contributed by atoms with Gasteiger partial charge in [-0.1, -0.05) is 12.1 Å². The van der Waals surface area contributed by atoms with E-state index in [0.29, 0.717) is 50.8 Å². The number of anilines is 1. The van der Waals surface area contributed by atoms with Crippen LogP contribution in [0.1, 0.15) is 12.5 Å². The van der Waals surface area contributed by atoms with Crippen LogP contribution in [0, 0.1) is 0 Å². The minimum Gasteiger partial charge on any atom is -0.494 e. The second kappa shape index (κ2) is 10.2. The Hall–Kier alpha value is -3.75. The van der Waals surface area contributed by atoms with Crippen molar-refractivity contribution in [3.63, 3.8) is 0 Å². The lowest BCUT2D eigenvalue weighted by atomic mass is 10.2. The zero-order chi connectivity index (χ0) is 23.2. The number of hydrogen-bond donors (Lipinski definition) is 1. The van der Waals surface area contributed by atoms with Crippen LogP contribution < -0.4 is 24.4 Å². The highest BCUT2D eigenvalue weighted by atomic mass is 16.5. The molecule has 1 aliphatic heterocycles. The highest BCUT2D eigenvalue weighted by Gasteiger charge is 2.23. The number of aromatic nitrogens is 2. The fraction of sp³-hybridized carbons (Fsp3) is 0.375. The normalized spacial score (nSPS) is 13.7. The van der Waals surface area contributed by atoms with Crippen LogP contribution in [0.25, 0.3) is 10.9 Å². The summed E-state index contributed by atoms with van der Waals surface area (Å²) < 4.78 is 16.3. The Morgan fingerprint density at radius 2 is 1.70 bits per heavy atom. The van der Waals surface area contributed by atoms with Crippen LogP contribution in [0.3, 0.4) is 0 Å². The second-order valence-electron chi connectivity index (χ2n) is 7.63. The maximum absolute atomic E-state index is 12.7. The molecule has 9 heteroatoms. The van der Waals surface area contributed by atoms with Crippen molar-refractivity contribution >= 4 is 22.8 Å². The van der Waals surface area contributed by atoms with Gasteiger partial charge in [0.05, 0.1) is 26.3 Å². The highest BCUT2D eigenvalue weighted by molar-refractivity contribution is 5.92. The monoisotopic (exact) mass is 451 g/mol. The molecule has 0 unspecified atom stereocenters. The van der Waals surface area contributed by atoms with Gasteiger partial charge in [-0.05, 0) is 30.7 Å². The number of carbonyl (C=O) groups excluding carboxylic acids is 1. The number of methoxy groups -OCH3 is 2. The van der Waals surface area contributed by atoms with Gasteiger partial charge in [0.1, 0.15) is 17.9 Å². The van der Waals surface area contributed by atoms with Gasteiger partial charge in [0.25, 0.3) is 0 Å². The lowest BCUT2D eigenvalue weighted by molar-refractivity contribution is 0.194. The molecule has 33 heavy (non-hydrogen) atoms. The molecule has 0 saturated carbocycles. The predicted octanol–water partition coefficient (Wildman–Crippen LogP) is 3.08. The fourth-order valence-corrected chi connectivity index (χ4v) is 3.90. The first-order chi connectivity index (χ1) is 16.1. The van der Waals surface area contributed by atoms with Crippen molar-refractivity contribution in [1.29, 1.82) is 0 Å². The van der Waals surface area contributed by atoms with Gasteiger partial charge >= 0.3 is 6.03 Å². The van der Waals surface area contributed by atoms with E-state index < -0.39 is 0 Å². The van der Waals surface area contributed by atoms with Crippen LogP contribution in [-0.2, 0) is 6.54 Å². The van der Waals surface area contributed by atoms with Gasteiger partial charge < -0.3 is 29.3 Å². The first-order valence-corrected chi connectivity index (χ1v) is 11.0. The van der Waals surface area contributed by atoms with Gasteiger partial charge in [-0.3, -0.25) is 0 Å². The Balaban J connectivity index is 1.37. The van der Waals surface area contributed by atoms with E-state index in [1.807, 2.05) is 48.2 Å². The molecule has 0 aliphatic carbocycles. The third kappa shape index (κ3) is 5.02. The highest BCUT2D eigenvalue weighted by Crippen LogP contribution is 2.34. The van der Waals surface area contributed by atoms with E-state index in [4.69, 9.17) is 14.2 Å². The van der Waals surface area contributed by atoms with E-state index in [0.717, 1.165) is 28.0 Å². The summed E-state index contributed by atoms with van der Waals surface area (Å²) in [7, 11) is 3.21. The number of fused-ring (bicyclic) bond motifs is 1. The number of benzene rings is 2. The van der Waals surface area contributed by atoms with Gasteiger partial charge in [0.15, 0.2) is 11.5 Å². The Bertz CT molecular complexity index is 1100. The van der Waals surface area contributed by atoms with E-state index in [-0.39, 0.29) is 6.03 Å². The summed E-state index contributed by atoms with van der Waals surface area (Å²) in [4.78, 5) is 25.6. The molecule has 2 heterocycles. The first-order valence-electron chi connectivity index (χ1n) is 11.0. The number of nitrogens with one attached hydrogen (secondary N) is 1. The number of hydrogen-bond acceptors (Lipinski definition) is 7. The molecule has 2 aromatic carbocycles. The number of rotatable bonds is 7. The standard InChI is InChI=1S/C24H29N5O4/c1-4-33-18-7-5-17(6-8-18)15-25-24(30)29-11-9-28(10-12-29)23-19-13-21(31-2)22(32-3)14-20(19)26-16-27-23/h5-8,13-14,16H,4,9-12,15H2,1-3H3,(H,25,30). The summed E-state index contributed by atoms with van der Waals surface area (Å²) in [5, 5.41) is 3.90. The van der Waals surface area contributed by atoms with E-state index in [1.165, 1.54) is 0 Å². The molecule has 4 rings (SSSR count). The number of carbonyl (C=O) groups is 1. The average molecular weight is 452 g/mol. The topological polar surface area (TPSA) is 89.1 Å². The maximum Gasteiger partial charge on any atom is 0.317 e. The van der Waals surface area contributed by atoms with E-state index in [9.17, 15) is 4.79 Å². The molecule has 3 aromatic rings. The molecule has 1 aromatic heterocycles. The molecule has 0 radical (unpaired) electrons. The summed E-state index contributed by atoms with van der Waals surface area (Å²) in [6.45, 7) is 5.63. The van der Waals surface area contributed by atoms with Crippen LogP contribution in [0.15, 0.2) is 42.7 Å². The smallest absolute Gasteiger partial charge is 0.317 e. The molecule has 1 saturated heterocycles. The predicted molar refractivity (Wildman–Crippen MR) is 126 cm³/mol. The lowest BCUT2D eigenvalue weighted by Crippen LogP contribution is -2.52. The Morgan fingerprint density at radius 1 is 1.00 bits per heavy atom. The Kier molecular flexibility index (Phi) is 6.97. The molecular weight excluding hydrogens is 422 g/mol. The summed E-state index contributed by atoms with van der Waals surface area (Å²) >= 11 is 0. The van der Waals surface area contributed by atoms with Crippen molar-refractivity contribution < 1.29 is 19.0 Å². The summed E-state index contributed by atoms with van der Waals surface area (Å²) in [5.41, 5.74) is 1.82. The number of nitrogens with zero attached hydrogens (tertiary/aromatic N) is 4. The van der Waals surface area contributed by atoms with Crippen LogP contribution in [-0.4, -0.2) is 67.9 Å². The fourth-order valence-electron chi connectivity index (χ4n) is 3.90. The molecule has 174 valence electrons. The molecule has 2 amide bonds. The minimum absolute atomic E-state index is 0.0671. The summed E-state index contributed by atoms with van der Waals surface area (Å²) in [6.07, 6.45) is 1.56. The quantitative estimate of drug-likeness (QED) is 0.591. The molecule has 0 atom stereocenters. The lowest BCUT2D eigenvalue weighted by Gasteiger charge is -2.35. The number of amides is 2. The van der Waals surface area contributed by atoms with E-state index in [1.54, 1.807) is 20.5 Å².